The normalized spacial score (nSPS) is 12.7. The van der Waals surface area contributed by atoms with E-state index in [2.05, 4.69) is 41.9 Å². The molecule has 1 heterocycles. The lowest BCUT2D eigenvalue weighted by molar-refractivity contribution is 0.405. The van der Waals surface area contributed by atoms with Crippen molar-refractivity contribution in [3.8, 4) is 5.75 Å². The van der Waals surface area contributed by atoms with Gasteiger partial charge in [0.2, 0.25) is 0 Å². The topological polar surface area (TPSA) is 73.1 Å². The van der Waals surface area contributed by atoms with E-state index in [1.165, 1.54) is 17.1 Å². The van der Waals surface area contributed by atoms with Crippen molar-refractivity contribution in [1.82, 2.24) is 15.0 Å². The zero-order valence-electron chi connectivity index (χ0n) is 12.9. The lowest BCUT2D eigenvalue weighted by Crippen LogP contribution is -2.30. The van der Waals surface area contributed by atoms with E-state index in [0.717, 1.165) is 28.3 Å². The molecular formula is C15H22N4OS. The first kappa shape index (κ1) is 15.9. The molecule has 6 heteroatoms. The monoisotopic (exact) mass is 306 g/mol. The highest BCUT2D eigenvalue weighted by Gasteiger charge is 2.21. The van der Waals surface area contributed by atoms with Crippen LogP contribution in [0.2, 0.25) is 0 Å². The maximum Gasteiger partial charge on any atom is 0.122 e. The molecule has 0 radical (unpaired) electrons. The van der Waals surface area contributed by atoms with Gasteiger partial charge in [-0.15, -0.1) is 5.10 Å². The molecule has 0 aliphatic heterocycles. The Hall–Kier alpha value is -1.50. The van der Waals surface area contributed by atoms with Crippen molar-refractivity contribution in [2.24, 2.45) is 5.84 Å². The molecule has 2 aromatic rings. The molecule has 1 unspecified atom stereocenters. The molecule has 114 valence electrons. The quantitative estimate of drug-likeness (QED) is 0.634. The van der Waals surface area contributed by atoms with Crippen LogP contribution in [-0.2, 0) is 6.42 Å². The molecule has 0 aliphatic rings. The molecular weight excluding hydrogens is 284 g/mol. The van der Waals surface area contributed by atoms with Crippen LogP contribution in [0.3, 0.4) is 0 Å². The Morgan fingerprint density at radius 2 is 2.14 bits per heavy atom. The SMILES string of the molecule is COc1ccc(C)cc1CC(NN)c1snnc1C(C)C. The van der Waals surface area contributed by atoms with Crippen molar-refractivity contribution in [2.45, 2.75) is 39.2 Å². The summed E-state index contributed by atoms with van der Waals surface area (Å²) < 4.78 is 9.52. The minimum atomic E-state index is -0.0156. The van der Waals surface area contributed by atoms with Crippen LogP contribution in [0.4, 0.5) is 0 Å². The number of rotatable bonds is 6. The van der Waals surface area contributed by atoms with E-state index >= 15 is 0 Å². The molecule has 0 amide bonds. The van der Waals surface area contributed by atoms with E-state index in [4.69, 9.17) is 10.6 Å². The van der Waals surface area contributed by atoms with Gasteiger partial charge in [0.1, 0.15) is 5.75 Å². The average molecular weight is 306 g/mol. The van der Waals surface area contributed by atoms with Crippen LogP contribution in [0.15, 0.2) is 18.2 Å². The van der Waals surface area contributed by atoms with Crippen LogP contribution in [-0.4, -0.2) is 16.7 Å². The number of hydrogen-bond donors (Lipinski definition) is 2. The molecule has 1 atom stereocenters. The van der Waals surface area contributed by atoms with Crippen molar-refractivity contribution in [3.63, 3.8) is 0 Å². The number of hydrogen-bond acceptors (Lipinski definition) is 6. The number of aryl methyl sites for hydroxylation is 1. The largest absolute Gasteiger partial charge is 0.496 e. The summed E-state index contributed by atoms with van der Waals surface area (Å²) in [6.45, 7) is 6.30. The van der Waals surface area contributed by atoms with Gasteiger partial charge in [0.25, 0.3) is 0 Å². The number of nitrogens with two attached hydrogens (primary N) is 1. The Morgan fingerprint density at radius 1 is 1.38 bits per heavy atom. The van der Waals surface area contributed by atoms with Crippen LogP contribution < -0.4 is 16.0 Å². The molecule has 0 spiro atoms. The Morgan fingerprint density at radius 3 is 2.76 bits per heavy atom. The molecule has 21 heavy (non-hydrogen) atoms. The zero-order chi connectivity index (χ0) is 15.4. The highest BCUT2D eigenvalue weighted by Crippen LogP contribution is 2.31. The predicted octanol–water partition coefficient (Wildman–Crippen LogP) is 2.73. The van der Waals surface area contributed by atoms with Gasteiger partial charge in [0.15, 0.2) is 0 Å². The molecule has 0 aliphatic carbocycles. The average Bonchev–Trinajstić information content (AvgIpc) is 2.94. The van der Waals surface area contributed by atoms with E-state index < -0.39 is 0 Å². The van der Waals surface area contributed by atoms with Gasteiger partial charge in [-0.3, -0.25) is 11.3 Å². The highest BCUT2D eigenvalue weighted by molar-refractivity contribution is 7.05. The summed E-state index contributed by atoms with van der Waals surface area (Å²) >= 11 is 1.40. The standard InChI is InChI=1S/C15H22N4OS/c1-9(2)14-15(21-19-18-14)12(17-16)8-11-7-10(3)5-6-13(11)20-4/h5-7,9,12,17H,8,16H2,1-4H3. The Labute approximate surface area is 129 Å². The second-order valence-corrected chi connectivity index (χ2v) is 6.20. The first-order valence-electron chi connectivity index (χ1n) is 6.98. The summed E-state index contributed by atoms with van der Waals surface area (Å²) in [6, 6.07) is 6.15. The Kier molecular flexibility index (Phi) is 5.27. The van der Waals surface area contributed by atoms with Crippen molar-refractivity contribution >= 4 is 11.5 Å². The summed E-state index contributed by atoms with van der Waals surface area (Å²) in [7, 11) is 1.69. The van der Waals surface area contributed by atoms with Crippen LogP contribution in [0, 0.1) is 6.92 Å². The molecule has 1 aromatic carbocycles. The Balaban J connectivity index is 2.31. The van der Waals surface area contributed by atoms with Gasteiger partial charge >= 0.3 is 0 Å². The molecule has 5 nitrogen and oxygen atoms in total. The van der Waals surface area contributed by atoms with Gasteiger partial charge in [-0.05, 0) is 42.4 Å². The lowest BCUT2D eigenvalue weighted by atomic mass is 9.99. The van der Waals surface area contributed by atoms with Crippen LogP contribution in [0.25, 0.3) is 0 Å². The third-order valence-electron chi connectivity index (χ3n) is 3.46. The maximum atomic E-state index is 5.77. The number of methoxy groups -OCH3 is 1. The number of benzene rings is 1. The van der Waals surface area contributed by atoms with E-state index in [1.807, 2.05) is 12.1 Å². The molecule has 0 fully saturated rings. The van der Waals surface area contributed by atoms with Gasteiger partial charge in [-0.2, -0.15) is 0 Å². The van der Waals surface area contributed by atoms with E-state index in [9.17, 15) is 0 Å². The fourth-order valence-electron chi connectivity index (χ4n) is 2.36. The third kappa shape index (κ3) is 3.58. The summed E-state index contributed by atoms with van der Waals surface area (Å²) in [5, 5.41) is 4.23. The predicted molar refractivity (Wildman–Crippen MR) is 85.5 cm³/mol. The van der Waals surface area contributed by atoms with Crippen LogP contribution >= 0.6 is 11.5 Å². The summed E-state index contributed by atoms with van der Waals surface area (Å²) in [6.07, 6.45) is 0.741. The molecule has 0 bridgehead atoms. The van der Waals surface area contributed by atoms with Crippen molar-refractivity contribution in [3.05, 3.63) is 39.9 Å². The number of ether oxygens (including phenoxy) is 1. The molecule has 1 aromatic heterocycles. The summed E-state index contributed by atoms with van der Waals surface area (Å²) in [5.41, 5.74) is 6.23. The zero-order valence-corrected chi connectivity index (χ0v) is 13.7. The summed E-state index contributed by atoms with van der Waals surface area (Å²) in [5.74, 6) is 6.98. The molecule has 0 saturated carbocycles. The fraction of sp³-hybridized carbons (Fsp3) is 0.467. The molecule has 2 rings (SSSR count). The second kappa shape index (κ2) is 6.98. The lowest BCUT2D eigenvalue weighted by Gasteiger charge is -2.18. The van der Waals surface area contributed by atoms with E-state index in [1.54, 1.807) is 7.11 Å². The molecule has 3 N–H and O–H groups in total. The van der Waals surface area contributed by atoms with Gasteiger partial charge in [-0.1, -0.05) is 36.0 Å². The van der Waals surface area contributed by atoms with Gasteiger partial charge in [0, 0.05) is 0 Å². The number of nitrogens with one attached hydrogen (secondary N) is 1. The number of hydrazine groups is 1. The fourth-order valence-corrected chi connectivity index (χ4v) is 3.23. The highest BCUT2D eigenvalue weighted by atomic mass is 32.1. The van der Waals surface area contributed by atoms with Gasteiger partial charge in [0.05, 0.1) is 23.7 Å². The van der Waals surface area contributed by atoms with Crippen molar-refractivity contribution < 1.29 is 4.74 Å². The van der Waals surface area contributed by atoms with Crippen molar-refractivity contribution in [1.29, 1.82) is 0 Å². The van der Waals surface area contributed by atoms with Crippen molar-refractivity contribution in [2.75, 3.05) is 7.11 Å². The maximum absolute atomic E-state index is 5.77. The second-order valence-electron chi connectivity index (χ2n) is 5.42. The smallest absolute Gasteiger partial charge is 0.122 e. The number of nitrogens with zero attached hydrogens (tertiary/aromatic N) is 2. The first-order chi connectivity index (χ1) is 10.1. The first-order valence-corrected chi connectivity index (χ1v) is 7.76. The van der Waals surface area contributed by atoms with E-state index in [0.29, 0.717) is 5.92 Å². The number of aromatic nitrogens is 2. The summed E-state index contributed by atoms with van der Waals surface area (Å²) in [4.78, 5) is 1.09. The Bertz CT molecular complexity index is 597. The van der Waals surface area contributed by atoms with Crippen LogP contribution in [0.1, 0.15) is 47.5 Å². The molecule has 0 saturated heterocycles. The third-order valence-corrected chi connectivity index (χ3v) is 4.32. The minimum absolute atomic E-state index is 0.0156. The van der Waals surface area contributed by atoms with Gasteiger partial charge in [-0.25, -0.2) is 0 Å². The minimum Gasteiger partial charge on any atom is -0.496 e. The van der Waals surface area contributed by atoms with E-state index in [-0.39, 0.29) is 6.04 Å². The van der Waals surface area contributed by atoms with Crippen LogP contribution in [0.5, 0.6) is 5.75 Å². The van der Waals surface area contributed by atoms with Gasteiger partial charge < -0.3 is 4.74 Å².